The molecule has 1 N–H and O–H groups in total. The SMILES string of the molecule is CN(Cc1ccccc1NC(=O)c1cnn(-c2ccccc2)c1)C1CCCCC1. The molecule has 1 aliphatic rings. The van der Waals surface area contributed by atoms with E-state index in [-0.39, 0.29) is 5.91 Å². The van der Waals surface area contributed by atoms with Crippen LogP contribution in [0, 0.1) is 0 Å². The van der Waals surface area contributed by atoms with E-state index in [1.807, 2.05) is 48.5 Å². The molecular formula is C24H28N4O. The first kappa shape index (κ1) is 19.4. The number of nitrogens with one attached hydrogen (secondary N) is 1. The summed E-state index contributed by atoms with van der Waals surface area (Å²) >= 11 is 0. The molecule has 5 nitrogen and oxygen atoms in total. The fraction of sp³-hybridized carbons (Fsp3) is 0.333. The number of nitrogens with zero attached hydrogens (tertiary/aromatic N) is 3. The van der Waals surface area contributed by atoms with Crippen LogP contribution in [0.2, 0.25) is 0 Å². The van der Waals surface area contributed by atoms with E-state index < -0.39 is 0 Å². The third-order valence-corrected chi connectivity index (χ3v) is 5.75. The van der Waals surface area contributed by atoms with Gasteiger partial charge in [-0.25, -0.2) is 4.68 Å². The fourth-order valence-electron chi connectivity index (χ4n) is 4.06. The summed E-state index contributed by atoms with van der Waals surface area (Å²) in [5, 5.41) is 7.41. The van der Waals surface area contributed by atoms with Crippen molar-refractivity contribution in [2.75, 3.05) is 12.4 Å². The topological polar surface area (TPSA) is 50.2 Å². The molecule has 1 fully saturated rings. The molecule has 1 heterocycles. The molecule has 4 rings (SSSR count). The summed E-state index contributed by atoms with van der Waals surface area (Å²) in [5.74, 6) is -0.139. The van der Waals surface area contributed by atoms with Gasteiger partial charge in [0.1, 0.15) is 0 Å². The third kappa shape index (κ3) is 4.74. The number of benzene rings is 2. The molecule has 5 heteroatoms. The number of carbonyl (C=O) groups excluding carboxylic acids is 1. The highest BCUT2D eigenvalue weighted by molar-refractivity contribution is 6.04. The highest BCUT2D eigenvalue weighted by atomic mass is 16.1. The Morgan fingerprint density at radius 3 is 2.59 bits per heavy atom. The molecule has 0 spiro atoms. The van der Waals surface area contributed by atoms with E-state index in [1.54, 1.807) is 17.1 Å². The van der Waals surface area contributed by atoms with E-state index in [0.29, 0.717) is 11.6 Å². The van der Waals surface area contributed by atoms with Gasteiger partial charge in [0, 0.05) is 24.5 Å². The Morgan fingerprint density at radius 1 is 1.07 bits per heavy atom. The lowest BCUT2D eigenvalue weighted by Gasteiger charge is -2.31. The van der Waals surface area contributed by atoms with E-state index >= 15 is 0 Å². The lowest BCUT2D eigenvalue weighted by atomic mass is 9.94. The molecule has 1 aromatic heterocycles. The Morgan fingerprint density at radius 2 is 1.79 bits per heavy atom. The first-order valence-electron chi connectivity index (χ1n) is 10.4. The van der Waals surface area contributed by atoms with Crippen LogP contribution in [0.5, 0.6) is 0 Å². The van der Waals surface area contributed by atoms with Crippen molar-refractivity contribution in [3.8, 4) is 5.69 Å². The van der Waals surface area contributed by atoms with Crippen LogP contribution in [-0.2, 0) is 6.54 Å². The molecular weight excluding hydrogens is 360 g/mol. The monoisotopic (exact) mass is 388 g/mol. The van der Waals surface area contributed by atoms with Crippen LogP contribution < -0.4 is 5.32 Å². The van der Waals surface area contributed by atoms with Gasteiger partial charge in [-0.1, -0.05) is 55.7 Å². The predicted octanol–water partition coefficient (Wildman–Crippen LogP) is 4.89. The van der Waals surface area contributed by atoms with Gasteiger partial charge in [-0.2, -0.15) is 5.10 Å². The van der Waals surface area contributed by atoms with Crippen LogP contribution in [0.25, 0.3) is 5.69 Å². The zero-order valence-electron chi connectivity index (χ0n) is 16.9. The maximum atomic E-state index is 12.8. The number of hydrogen-bond donors (Lipinski definition) is 1. The van der Waals surface area contributed by atoms with Crippen molar-refractivity contribution in [1.82, 2.24) is 14.7 Å². The van der Waals surface area contributed by atoms with Gasteiger partial charge in [0.2, 0.25) is 0 Å². The van der Waals surface area contributed by atoms with Gasteiger partial charge in [0.05, 0.1) is 17.4 Å². The van der Waals surface area contributed by atoms with Crippen LogP contribution in [0.15, 0.2) is 67.0 Å². The first-order valence-corrected chi connectivity index (χ1v) is 10.4. The van der Waals surface area contributed by atoms with E-state index in [9.17, 15) is 4.79 Å². The van der Waals surface area contributed by atoms with E-state index in [4.69, 9.17) is 0 Å². The van der Waals surface area contributed by atoms with Gasteiger partial charge in [-0.3, -0.25) is 9.69 Å². The smallest absolute Gasteiger partial charge is 0.258 e. The first-order chi connectivity index (χ1) is 14.2. The summed E-state index contributed by atoms with van der Waals surface area (Å²) in [7, 11) is 2.19. The second-order valence-corrected chi connectivity index (χ2v) is 7.83. The van der Waals surface area contributed by atoms with Crippen molar-refractivity contribution in [2.45, 2.75) is 44.7 Å². The summed E-state index contributed by atoms with van der Waals surface area (Å²) in [6, 6.07) is 18.5. The van der Waals surface area contributed by atoms with Crippen LogP contribution in [0.1, 0.15) is 48.0 Å². The number of para-hydroxylation sites is 2. The highest BCUT2D eigenvalue weighted by Crippen LogP contribution is 2.25. The summed E-state index contributed by atoms with van der Waals surface area (Å²) < 4.78 is 1.72. The molecule has 0 aliphatic heterocycles. The number of rotatable bonds is 6. The molecule has 3 aromatic rings. The molecule has 0 radical (unpaired) electrons. The van der Waals surface area contributed by atoms with Gasteiger partial charge in [-0.05, 0) is 43.7 Å². The van der Waals surface area contributed by atoms with E-state index in [1.165, 1.54) is 32.1 Å². The minimum absolute atomic E-state index is 0.139. The van der Waals surface area contributed by atoms with Crippen molar-refractivity contribution < 1.29 is 4.79 Å². The van der Waals surface area contributed by atoms with Gasteiger partial charge < -0.3 is 5.32 Å². The molecule has 0 saturated heterocycles. The van der Waals surface area contributed by atoms with Crippen molar-refractivity contribution >= 4 is 11.6 Å². The molecule has 1 amide bonds. The van der Waals surface area contributed by atoms with Crippen LogP contribution in [0.3, 0.4) is 0 Å². The average molecular weight is 389 g/mol. The quantitative estimate of drug-likeness (QED) is 0.654. The zero-order valence-corrected chi connectivity index (χ0v) is 16.9. The molecule has 150 valence electrons. The standard InChI is InChI=1S/C24H28N4O/c1-27(21-11-4-2-5-12-21)17-19-10-8-9-15-23(19)26-24(29)20-16-25-28(18-20)22-13-6-3-7-14-22/h3,6-10,13-16,18,21H,2,4-5,11-12,17H2,1H3,(H,26,29). The van der Waals surface area contributed by atoms with Crippen molar-refractivity contribution in [2.24, 2.45) is 0 Å². The normalized spacial score (nSPS) is 14.8. The fourth-order valence-corrected chi connectivity index (χ4v) is 4.06. The minimum Gasteiger partial charge on any atom is -0.322 e. The summed E-state index contributed by atoms with van der Waals surface area (Å²) in [4.78, 5) is 15.2. The summed E-state index contributed by atoms with van der Waals surface area (Å²) in [6.45, 7) is 0.838. The van der Waals surface area contributed by atoms with Crippen molar-refractivity contribution in [3.05, 3.63) is 78.1 Å². The number of hydrogen-bond acceptors (Lipinski definition) is 3. The Hall–Kier alpha value is -2.92. The number of aromatic nitrogens is 2. The Kier molecular flexibility index (Phi) is 6.06. The van der Waals surface area contributed by atoms with Crippen LogP contribution in [0.4, 0.5) is 5.69 Å². The average Bonchev–Trinajstić information content (AvgIpc) is 3.27. The second kappa shape index (κ2) is 9.05. The van der Waals surface area contributed by atoms with Gasteiger partial charge in [-0.15, -0.1) is 0 Å². The van der Waals surface area contributed by atoms with Crippen molar-refractivity contribution in [3.63, 3.8) is 0 Å². The number of anilines is 1. The third-order valence-electron chi connectivity index (χ3n) is 5.75. The Balaban J connectivity index is 1.45. The highest BCUT2D eigenvalue weighted by Gasteiger charge is 2.19. The zero-order chi connectivity index (χ0) is 20.1. The maximum absolute atomic E-state index is 12.8. The Labute approximate surface area is 172 Å². The largest absolute Gasteiger partial charge is 0.322 e. The molecule has 0 atom stereocenters. The molecule has 1 aliphatic carbocycles. The second-order valence-electron chi connectivity index (χ2n) is 7.83. The Bertz CT molecular complexity index is 944. The number of carbonyl (C=O) groups is 1. The van der Waals surface area contributed by atoms with Crippen molar-refractivity contribution in [1.29, 1.82) is 0 Å². The number of amides is 1. The van der Waals surface area contributed by atoms with Crippen LogP contribution in [-0.4, -0.2) is 33.7 Å². The minimum atomic E-state index is -0.139. The van der Waals surface area contributed by atoms with Gasteiger partial charge in [0.15, 0.2) is 0 Å². The predicted molar refractivity (Wildman–Crippen MR) is 116 cm³/mol. The maximum Gasteiger partial charge on any atom is 0.258 e. The van der Waals surface area contributed by atoms with E-state index in [0.717, 1.165) is 23.5 Å². The summed E-state index contributed by atoms with van der Waals surface area (Å²) in [6.07, 6.45) is 9.90. The lowest BCUT2D eigenvalue weighted by Crippen LogP contribution is -2.33. The van der Waals surface area contributed by atoms with E-state index in [2.05, 4.69) is 28.4 Å². The molecule has 0 bridgehead atoms. The molecule has 29 heavy (non-hydrogen) atoms. The van der Waals surface area contributed by atoms with Crippen LogP contribution >= 0.6 is 0 Å². The molecule has 1 saturated carbocycles. The summed E-state index contributed by atoms with van der Waals surface area (Å²) in [5.41, 5.74) is 3.49. The van der Waals surface area contributed by atoms with Gasteiger partial charge >= 0.3 is 0 Å². The lowest BCUT2D eigenvalue weighted by molar-refractivity contribution is 0.102. The van der Waals surface area contributed by atoms with Gasteiger partial charge in [0.25, 0.3) is 5.91 Å². The molecule has 2 aromatic carbocycles. The molecule has 0 unspecified atom stereocenters.